The highest BCUT2D eigenvalue weighted by Crippen LogP contribution is 2.37. The molecular weight excluding hydrogens is 456 g/mol. The smallest absolute Gasteiger partial charge is 0.394 e. The Balaban J connectivity index is 1.63. The summed E-state index contributed by atoms with van der Waals surface area (Å²) in [7, 11) is 3.02. The molecule has 0 spiro atoms. The van der Waals surface area contributed by atoms with Gasteiger partial charge in [0.1, 0.15) is 5.00 Å². The molecule has 11 nitrogen and oxygen atoms in total. The monoisotopic (exact) mass is 478 g/mol. The number of aliphatic carboxylic acids is 1. The number of anilines is 1. The number of carboxylic acid groups (broad SMARTS) is 2. The Hall–Kier alpha value is -3.64. The van der Waals surface area contributed by atoms with Gasteiger partial charge in [-0.1, -0.05) is 6.07 Å². The zero-order chi connectivity index (χ0) is 24.1. The van der Waals surface area contributed by atoms with Crippen LogP contribution in [0.2, 0.25) is 0 Å². The second kappa shape index (κ2) is 10.3. The molecule has 12 heteroatoms. The van der Waals surface area contributed by atoms with Gasteiger partial charge < -0.3 is 35.1 Å². The summed E-state index contributed by atoms with van der Waals surface area (Å²) in [5.74, 6) is -3.52. The van der Waals surface area contributed by atoms with Gasteiger partial charge in [-0.15, -0.1) is 11.3 Å². The third-order valence-corrected chi connectivity index (χ3v) is 6.07. The van der Waals surface area contributed by atoms with Gasteiger partial charge in [-0.05, 0) is 23.3 Å². The summed E-state index contributed by atoms with van der Waals surface area (Å²) >= 11 is 0.960. The van der Waals surface area contributed by atoms with Crippen molar-refractivity contribution in [1.82, 2.24) is 5.32 Å². The Kier molecular flexibility index (Phi) is 7.51. The third kappa shape index (κ3) is 5.59. The molecule has 2 heterocycles. The van der Waals surface area contributed by atoms with Gasteiger partial charge in [-0.2, -0.15) is 0 Å². The van der Waals surface area contributed by atoms with Gasteiger partial charge in [0.2, 0.25) is 5.91 Å². The Labute approximate surface area is 192 Å². The number of rotatable bonds is 8. The SMILES string of the molecule is COc1ccc(CC(=O)NCC2Cc3c(sc(NC(=O)C(=O)O)c3C(=O)O)CO2)cc1OC. The first-order chi connectivity index (χ1) is 15.7. The molecule has 0 saturated carbocycles. The van der Waals surface area contributed by atoms with E-state index in [-0.39, 0.29) is 42.5 Å². The molecule has 1 atom stereocenters. The molecule has 1 aromatic heterocycles. The first kappa shape index (κ1) is 24.0. The highest BCUT2D eigenvalue weighted by Gasteiger charge is 2.31. The highest BCUT2D eigenvalue weighted by atomic mass is 32.1. The third-order valence-electron chi connectivity index (χ3n) is 4.95. The number of hydrogen-bond acceptors (Lipinski definition) is 8. The van der Waals surface area contributed by atoms with Crippen LogP contribution in [-0.4, -0.2) is 60.8 Å². The minimum Gasteiger partial charge on any atom is -0.493 e. The van der Waals surface area contributed by atoms with Crippen molar-refractivity contribution < 1.29 is 43.6 Å². The predicted octanol–water partition coefficient (Wildman–Crippen LogP) is 1.29. The largest absolute Gasteiger partial charge is 0.493 e. The van der Waals surface area contributed by atoms with E-state index in [4.69, 9.17) is 19.3 Å². The van der Waals surface area contributed by atoms with Crippen molar-refractivity contribution in [2.75, 3.05) is 26.1 Å². The zero-order valence-electron chi connectivity index (χ0n) is 17.8. The molecule has 2 aromatic rings. The van der Waals surface area contributed by atoms with Crippen LogP contribution in [0.1, 0.15) is 26.4 Å². The molecule has 1 unspecified atom stereocenters. The Bertz CT molecular complexity index is 1100. The molecule has 1 aliphatic rings. The summed E-state index contributed by atoms with van der Waals surface area (Å²) in [5, 5.41) is 23.2. The average Bonchev–Trinajstić information content (AvgIpc) is 3.14. The van der Waals surface area contributed by atoms with E-state index in [1.54, 1.807) is 18.2 Å². The van der Waals surface area contributed by atoms with Gasteiger partial charge in [0, 0.05) is 17.8 Å². The molecule has 2 amide bonds. The van der Waals surface area contributed by atoms with Crippen LogP contribution in [0.3, 0.4) is 0 Å². The minimum atomic E-state index is -1.72. The first-order valence-electron chi connectivity index (χ1n) is 9.74. The fraction of sp³-hybridized carbons (Fsp3) is 0.333. The van der Waals surface area contributed by atoms with Crippen molar-refractivity contribution >= 4 is 40.1 Å². The van der Waals surface area contributed by atoms with E-state index in [0.29, 0.717) is 21.9 Å². The normalized spacial score (nSPS) is 14.7. The van der Waals surface area contributed by atoms with Crippen LogP contribution in [0.5, 0.6) is 11.5 Å². The van der Waals surface area contributed by atoms with Crippen LogP contribution in [0.15, 0.2) is 18.2 Å². The maximum absolute atomic E-state index is 12.4. The summed E-state index contributed by atoms with van der Waals surface area (Å²) < 4.78 is 16.1. The molecule has 1 aromatic carbocycles. The van der Waals surface area contributed by atoms with Crippen molar-refractivity contribution in [3.63, 3.8) is 0 Å². The maximum Gasteiger partial charge on any atom is 0.394 e. The number of benzene rings is 1. The van der Waals surface area contributed by atoms with Crippen LogP contribution in [0, 0.1) is 0 Å². The standard InChI is InChI=1S/C21H22N2O9S/c1-30-13-4-3-10(5-14(13)31-2)6-16(24)22-8-11-7-12-15(9-32-11)33-19(17(12)20(26)27)23-18(25)21(28)29/h3-5,11H,6-9H2,1-2H3,(H,22,24)(H,23,25)(H,26,27)(H,28,29). The lowest BCUT2D eigenvalue weighted by atomic mass is 10.0. The van der Waals surface area contributed by atoms with E-state index in [1.807, 2.05) is 0 Å². The number of thiophene rings is 1. The summed E-state index contributed by atoms with van der Waals surface area (Å²) in [6.45, 7) is 0.233. The Morgan fingerprint density at radius 2 is 1.88 bits per heavy atom. The number of carbonyl (C=O) groups excluding carboxylic acids is 2. The molecular formula is C21H22N2O9S. The van der Waals surface area contributed by atoms with Crippen molar-refractivity contribution in [1.29, 1.82) is 0 Å². The molecule has 33 heavy (non-hydrogen) atoms. The molecule has 0 fully saturated rings. The first-order valence-corrected chi connectivity index (χ1v) is 10.6. The van der Waals surface area contributed by atoms with Gasteiger partial charge in [0.25, 0.3) is 0 Å². The number of carboxylic acids is 2. The maximum atomic E-state index is 12.4. The van der Waals surface area contributed by atoms with Gasteiger partial charge in [-0.25, -0.2) is 9.59 Å². The lowest BCUT2D eigenvalue weighted by Crippen LogP contribution is -2.37. The number of ether oxygens (including phenoxy) is 3. The molecule has 0 saturated heterocycles. The van der Waals surface area contributed by atoms with Gasteiger partial charge in [0.15, 0.2) is 11.5 Å². The van der Waals surface area contributed by atoms with Crippen LogP contribution in [0.25, 0.3) is 0 Å². The van der Waals surface area contributed by atoms with Crippen LogP contribution >= 0.6 is 11.3 Å². The van der Waals surface area contributed by atoms with Crippen molar-refractivity contribution in [3.05, 3.63) is 39.8 Å². The fourth-order valence-electron chi connectivity index (χ4n) is 3.39. The zero-order valence-corrected chi connectivity index (χ0v) is 18.6. The van der Waals surface area contributed by atoms with Gasteiger partial charge in [0.05, 0.1) is 38.9 Å². The molecule has 0 bridgehead atoms. The molecule has 176 valence electrons. The van der Waals surface area contributed by atoms with Gasteiger partial charge >= 0.3 is 17.8 Å². The summed E-state index contributed by atoms with van der Waals surface area (Å²) in [6, 6.07) is 5.17. The fourth-order valence-corrected chi connectivity index (χ4v) is 4.53. The number of aromatic carboxylic acids is 1. The second-order valence-electron chi connectivity index (χ2n) is 7.08. The van der Waals surface area contributed by atoms with Crippen LogP contribution in [0.4, 0.5) is 5.00 Å². The Morgan fingerprint density at radius 3 is 2.52 bits per heavy atom. The number of hydrogen-bond donors (Lipinski definition) is 4. The number of fused-ring (bicyclic) bond motifs is 1. The Morgan fingerprint density at radius 1 is 1.15 bits per heavy atom. The van der Waals surface area contributed by atoms with Crippen LogP contribution in [-0.2, 0) is 38.6 Å². The molecule has 4 N–H and O–H groups in total. The molecule has 0 radical (unpaired) electrons. The van der Waals surface area contributed by atoms with E-state index in [9.17, 15) is 24.3 Å². The molecule has 1 aliphatic heterocycles. The number of nitrogens with one attached hydrogen (secondary N) is 2. The van der Waals surface area contributed by atoms with Crippen molar-refractivity contribution in [2.45, 2.75) is 25.6 Å². The summed E-state index contributed by atoms with van der Waals surface area (Å²) in [4.78, 5) is 47.0. The molecule has 0 aliphatic carbocycles. The number of methoxy groups -OCH3 is 2. The molecule has 3 rings (SSSR count). The summed E-state index contributed by atoms with van der Waals surface area (Å²) in [5.41, 5.74) is 1.02. The number of amides is 2. The summed E-state index contributed by atoms with van der Waals surface area (Å²) in [6.07, 6.45) is -0.196. The lowest BCUT2D eigenvalue weighted by molar-refractivity contribution is -0.147. The van der Waals surface area contributed by atoms with E-state index < -0.39 is 23.9 Å². The van der Waals surface area contributed by atoms with Crippen molar-refractivity contribution in [2.24, 2.45) is 0 Å². The number of carbonyl (C=O) groups is 4. The lowest BCUT2D eigenvalue weighted by Gasteiger charge is -2.23. The van der Waals surface area contributed by atoms with E-state index in [1.165, 1.54) is 14.2 Å². The average molecular weight is 478 g/mol. The van der Waals surface area contributed by atoms with E-state index in [0.717, 1.165) is 16.9 Å². The minimum absolute atomic E-state index is 0.0540. The second-order valence-corrected chi connectivity index (χ2v) is 8.18. The van der Waals surface area contributed by atoms with Crippen LogP contribution < -0.4 is 20.1 Å². The highest BCUT2D eigenvalue weighted by molar-refractivity contribution is 7.17. The topological polar surface area (TPSA) is 160 Å². The van der Waals surface area contributed by atoms with E-state index in [2.05, 4.69) is 10.6 Å². The van der Waals surface area contributed by atoms with E-state index >= 15 is 0 Å². The quantitative estimate of drug-likeness (QED) is 0.410. The van der Waals surface area contributed by atoms with Gasteiger partial charge in [-0.3, -0.25) is 9.59 Å². The predicted molar refractivity (Wildman–Crippen MR) is 116 cm³/mol. The van der Waals surface area contributed by atoms with Crippen molar-refractivity contribution in [3.8, 4) is 11.5 Å².